The molecule has 0 bridgehead atoms. The molecule has 2 aliphatic rings. The predicted octanol–water partition coefficient (Wildman–Crippen LogP) is 1.56. The van der Waals surface area contributed by atoms with Crippen molar-refractivity contribution in [1.82, 2.24) is 0 Å². The Hall–Kier alpha value is 1.13. The van der Waals surface area contributed by atoms with Crippen molar-refractivity contribution >= 4 is 8.80 Å². The first-order valence-electron chi connectivity index (χ1n) is 7.62. The van der Waals surface area contributed by atoms with Gasteiger partial charge in [0.1, 0.15) is 0 Å². The Morgan fingerprint density at radius 2 is 1.47 bits per heavy atom. The third-order valence-corrected chi connectivity index (χ3v) is 10.6. The standard InChI is InChI=1S/C14H27Si.ClH.Zn/c1-2-10-15-11-8-14(9-12-15)13-6-4-3-5-7-13;;/h3,13-15H,2,4-12H2,1H3;1H;/q;;+1/p-1/t14-,15-;;. The molecule has 0 aromatic carbocycles. The molecule has 1 saturated carbocycles. The zero-order valence-corrected chi connectivity index (χ0v) is 16.3. The van der Waals surface area contributed by atoms with Crippen LogP contribution < -0.4 is 12.4 Å². The van der Waals surface area contributed by atoms with Crippen LogP contribution in [0.15, 0.2) is 0 Å². The van der Waals surface area contributed by atoms with E-state index in [0.717, 1.165) is 16.3 Å². The Bertz CT molecular complexity index is 196. The molecule has 1 saturated heterocycles. The van der Waals surface area contributed by atoms with Crippen LogP contribution in [0.2, 0.25) is 22.6 Å². The van der Waals surface area contributed by atoms with Crippen LogP contribution in [0.25, 0.3) is 0 Å². The Morgan fingerprint density at radius 1 is 0.941 bits per heavy atom. The number of rotatable bonds is 3. The number of halogens is 1. The molecule has 0 nitrogen and oxygen atoms in total. The van der Waals surface area contributed by atoms with Gasteiger partial charge in [0.15, 0.2) is 0 Å². The molecule has 2 rings (SSSR count). The minimum atomic E-state index is -0.225. The average molecular weight is 324 g/mol. The van der Waals surface area contributed by atoms with E-state index < -0.39 is 0 Å². The van der Waals surface area contributed by atoms with Gasteiger partial charge in [-0.3, -0.25) is 0 Å². The maximum atomic E-state index is 2.38. The van der Waals surface area contributed by atoms with Gasteiger partial charge in [-0.2, -0.15) is 0 Å². The second-order valence-corrected chi connectivity index (χ2v) is 12.2. The summed E-state index contributed by atoms with van der Waals surface area (Å²) in [6.45, 7) is 2.38. The molecule has 0 aromatic heterocycles. The van der Waals surface area contributed by atoms with E-state index in [1.807, 2.05) is 0 Å². The summed E-state index contributed by atoms with van der Waals surface area (Å²) in [5, 5.41) is 0. The molecule has 2 fully saturated rings. The largest absolute Gasteiger partial charge is 1.00 e. The normalized spacial score (nSPS) is 38.5. The Labute approximate surface area is 125 Å². The smallest absolute Gasteiger partial charge is 1.00 e. The topological polar surface area (TPSA) is 0 Å². The zero-order valence-electron chi connectivity index (χ0n) is 11.5. The van der Waals surface area contributed by atoms with Gasteiger partial charge in [-0.25, -0.2) is 0 Å². The third-order valence-electron chi connectivity index (χ3n) is 5.15. The molecule has 0 N–H and O–H groups in total. The molecule has 0 spiro atoms. The van der Waals surface area contributed by atoms with Crippen LogP contribution >= 0.6 is 0 Å². The third kappa shape index (κ3) is 4.96. The van der Waals surface area contributed by atoms with Crippen LogP contribution in [-0.4, -0.2) is 8.80 Å². The van der Waals surface area contributed by atoms with E-state index >= 15 is 0 Å². The minimum absolute atomic E-state index is 0. The van der Waals surface area contributed by atoms with E-state index in [-0.39, 0.29) is 21.2 Å². The van der Waals surface area contributed by atoms with Gasteiger partial charge in [0, 0.05) is 0 Å². The van der Waals surface area contributed by atoms with Crippen LogP contribution in [-0.2, 0) is 18.3 Å². The van der Waals surface area contributed by atoms with Crippen molar-refractivity contribution in [2.24, 2.45) is 11.8 Å². The number of hydrogen-bond donors (Lipinski definition) is 0. The van der Waals surface area contributed by atoms with Crippen molar-refractivity contribution in [3.63, 3.8) is 0 Å². The van der Waals surface area contributed by atoms with Crippen molar-refractivity contribution in [1.29, 1.82) is 0 Å². The fourth-order valence-electron chi connectivity index (χ4n) is 4.02. The molecule has 1 aliphatic heterocycles. The summed E-state index contributed by atoms with van der Waals surface area (Å²) in [7, 11) is -0.225. The summed E-state index contributed by atoms with van der Waals surface area (Å²) in [4.78, 5) is 0. The van der Waals surface area contributed by atoms with Crippen molar-refractivity contribution in [3.8, 4) is 0 Å². The van der Waals surface area contributed by atoms with Crippen LogP contribution in [0.5, 0.6) is 0 Å². The van der Waals surface area contributed by atoms with Gasteiger partial charge in [0.25, 0.3) is 0 Å². The van der Waals surface area contributed by atoms with E-state index in [4.69, 9.17) is 0 Å². The molecule has 0 atom stereocenters. The van der Waals surface area contributed by atoms with Crippen molar-refractivity contribution in [3.05, 3.63) is 0 Å². The molecule has 3 heteroatoms. The molecule has 0 radical (unpaired) electrons. The molecule has 0 amide bonds. The first kappa shape index (κ1) is 16.2. The van der Waals surface area contributed by atoms with Crippen LogP contribution in [0.4, 0.5) is 0 Å². The summed E-state index contributed by atoms with van der Waals surface area (Å²) in [6.07, 6.45) is 11.1. The SMILES string of the molecule is CCC[Si@H]1CC[C@H](C2CC[CH]([Zn+])CC2)CC1.[Cl-]. The second-order valence-electron chi connectivity index (χ2n) is 6.35. The van der Waals surface area contributed by atoms with Crippen LogP contribution in [0, 0.1) is 11.8 Å². The molecule has 17 heavy (non-hydrogen) atoms. The molecule has 0 aromatic rings. The summed E-state index contributed by atoms with van der Waals surface area (Å²) in [6, 6.07) is 5.02. The van der Waals surface area contributed by atoms with Gasteiger partial charge >= 0.3 is 113 Å². The van der Waals surface area contributed by atoms with E-state index in [1.165, 1.54) is 6.42 Å². The first-order valence-corrected chi connectivity index (χ1v) is 11.8. The fourth-order valence-corrected chi connectivity index (χ4v) is 8.49. The molecular formula is C14H27ClSiZn. The van der Waals surface area contributed by atoms with E-state index in [1.54, 1.807) is 75.0 Å². The van der Waals surface area contributed by atoms with E-state index in [0.29, 0.717) is 0 Å². The van der Waals surface area contributed by atoms with Gasteiger partial charge in [-0.15, -0.1) is 0 Å². The summed E-state index contributed by atoms with van der Waals surface area (Å²) < 4.78 is 1.15. The Kier molecular flexibility index (Phi) is 7.93. The van der Waals surface area contributed by atoms with Gasteiger partial charge < -0.3 is 12.4 Å². The first-order chi connectivity index (χ1) is 7.79. The second kappa shape index (κ2) is 8.33. The number of hydrogen-bond acceptors (Lipinski definition) is 0. The van der Waals surface area contributed by atoms with E-state index in [9.17, 15) is 0 Å². The van der Waals surface area contributed by atoms with Crippen molar-refractivity contribution < 1.29 is 30.7 Å². The quantitative estimate of drug-likeness (QED) is 0.691. The summed E-state index contributed by atoms with van der Waals surface area (Å²) >= 11 is 1.56. The average Bonchev–Trinajstić information content (AvgIpc) is 2.32. The van der Waals surface area contributed by atoms with Crippen molar-refractivity contribution in [2.45, 2.75) is 74.5 Å². The van der Waals surface area contributed by atoms with Gasteiger partial charge in [-0.1, -0.05) is 0 Å². The van der Waals surface area contributed by atoms with Gasteiger partial charge in [-0.05, 0) is 0 Å². The Balaban J connectivity index is 0.00000144. The predicted molar refractivity (Wildman–Crippen MR) is 70.3 cm³/mol. The maximum Gasteiger partial charge on any atom is -1.00 e. The van der Waals surface area contributed by atoms with Gasteiger partial charge in [0.05, 0.1) is 0 Å². The summed E-state index contributed by atoms with van der Waals surface area (Å²) in [5.74, 6) is 2.31. The monoisotopic (exact) mass is 322 g/mol. The van der Waals surface area contributed by atoms with Crippen molar-refractivity contribution in [2.75, 3.05) is 0 Å². The molecule has 1 heterocycles. The van der Waals surface area contributed by atoms with Gasteiger partial charge in [0.2, 0.25) is 0 Å². The van der Waals surface area contributed by atoms with Crippen LogP contribution in [0.3, 0.4) is 0 Å². The van der Waals surface area contributed by atoms with Crippen LogP contribution in [0.1, 0.15) is 51.9 Å². The summed E-state index contributed by atoms with van der Waals surface area (Å²) in [5.41, 5.74) is 0. The maximum absolute atomic E-state index is 2.38. The fraction of sp³-hybridized carbons (Fsp3) is 1.00. The molecular weight excluding hydrogens is 297 g/mol. The molecule has 0 unspecified atom stereocenters. The molecule has 1 aliphatic carbocycles. The molecule has 96 valence electrons. The minimum Gasteiger partial charge on any atom is -1.00 e. The Morgan fingerprint density at radius 3 is 2.00 bits per heavy atom. The zero-order chi connectivity index (χ0) is 11.4. The van der Waals surface area contributed by atoms with E-state index in [2.05, 4.69) is 6.92 Å².